The van der Waals surface area contributed by atoms with Gasteiger partial charge in [-0.05, 0) is 38.2 Å². The second kappa shape index (κ2) is 5.66. The van der Waals surface area contributed by atoms with Crippen LogP contribution in [-0.4, -0.2) is 46.6 Å². The van der Waals surface area contributed by atoms with E-state index >= 15 is 0 Å². The highest BCUT2D eigenvalue weighted by molar-refractivity contribution is 7.89. The van der Waals surface area contributed by atoms with Gasteiger partial charge in [0.2, 0.25) is 10.0 Å². The van der Waals surface area contributed by atoms with Gasteiger partial charge in [-0.15, -0.1) is 0 Å². The maximum Gasteiger partial charge on any atom is 0.244 e. The summed E-state index contributed by atoms with van der Waals surface area (Å²) < 4.78 is 32.5. The van der Waals surface area contributed by atoms with Gasteiger partial charge in [-0.1, -0.05) is 11.6 Å². The van der Waals surface area contributed by atoms with Crippen LogP contribution in [0.25, 0.3) is 0 Å². The molecule has 1 aromatic carbocycles. The molecule has 1 heterocycles. The fraction of sp³-hybridized carbons (Fsp3) is 0.500. The summed E-state index contributed by atoms with van der Waals surface area (Å²) in [5, 5.41) is 0.365. The number of halogens is 1. The highest BCUT2D eigenvalue weighted by Gasteiger charge is 2.27. The molecule has 5 nitrogen and oxygen atoms in total. The number of nitrogens with zero attached hydrogens (tertiary/aromatic N) is 1. The van der Waals surface area contributed by atoms with Gasteiger partial charge < -0.3 is 9.64 Å². The summed E-state index contributed by atoms with van der Waals surface area (Å²) in [5.41, 5.74) is 0. The van der Waals surface area contributed by atoms with Gasteiger partial charge in [0.15, 0.2) is 0 Å². The molecule has 0 amide bonds. The van der Waals surface area contributed by atoms with E-state index in [2.05, 4.69) is 9.62 Å². The van der Waals surface area contributed by atoms with Gasteiger partial charge in [-0.2, -0.15) is 0 Å². The average Bonchev–Trinajstić information content (AvgIpc) is 2.74. The highest BCUT2D eigenvalue weighted by Crippen LogP contribution is 2.27. The van der Waals surface area contributed by atoms with Crippen LogP contribution in [0.3, 0.4) is 0 Å². The maximum atomic E-state index is 12.4. The molecule has 1 fully saturated rings. The number of hydrogen-bond donors (Lipinski definition) is 1. The van der Waals surface area contributed by atoms with Gasteiger partial charge in [0, 0.05) is 17.6 Å². The predicted octanol–water partition coefficient (Wildman–Crippen LogP) is 1.33. The van der Waals surface area contributed by atoms with Crippen molar-refractivity contribution in [3.8, 4) is 5.75 Å². The smallest absolute Gasteiger partial charge is 0.244 e. The minimum absolute atomic E-state index is 0.0707. The molecule has 1 aliphatic heterocycles. The molecule has 106 valence electrons. The molecule has 0 saturated carbocycles. The fourth-order valence-electron chi connectivity index (χ4n) is 2.17. The molecule has 0 radical (unpaired) electrons. The van der Waals surface area contributed by atoms with Crippen molar-refractivity contribution in [3.63, 3.8) is 0 Å². The first kappa shape index (κ1) is 14.6. The van der Waals surface area contributed by atoms with Crippen LogP contribution in [0, 0.1) is 0 Å². The van der Waals surface area contributed by atoms with Crippen LogP contribution < -0.4 is 9.46 Å². The Morgan fingerprint density at radius 3 is 2.79 bits per heavy atom. The molecule has 1 saturated heterocycles. The zero-order valence-electron chi connectivity index (χ0n) is 10.9. The summed E-state index contributed by atoms with van der Waals surface area (Å²) in [6.07, 6.45) is 0.804. The van der Waals surface area contributed by atoms with E-state index in [-0.39, 0.29) is 10.9 Å². The zero-order valence-corrected chi connectivity index (χ0v) is 12.5. The molecule has 1 aromatic rings. The van der Waals surface area contributed by atoms with Crippen molar-refractivity contribution < 1.29 is 13.2 Å². The van der Waals surface area contributed by atoms with E-state index < -0.39 is 10.0 Å². The number of likely N-dealkylation sites (N-methyl/N-ethyl adjacent to an activating group) is 1. The van der Waals surface area contributed by atoms with Gasteiger partial charge >= 0.3 is 0 Å². The number of methoxy groups -OCH3 is 1. The minimum atomic E-state index is -3.62. The van der Waals surface area contributed by atoms with Gasteiger partial charge in [0.25, 0.3) is 0 Å². The standard InChI is InChI=1S/C12H17ClN2O3S/c1-15-6-5-10(8-15)14-19(16,17)12-7-9(13)3-4-11(12)18-2/h3-4,7,10,14H,5-6,8H2,1-2H3. The van der Waals surface area contributed by atoms with E-state index in [9.17, 15) is 8.42 Å². The Labute approximate surface area is 118 Å². The number of hydrogen-bond acceptors (Lipinski definition) is 4. The number of rotatable bonds is 4. The first-order valence-electron chi connectivity index (χ1n) is 5.97. The van der Waals surface area contributed by atoms with Crippen molar-refractivity contribution in [2.24, 2.45) is 0 Å². The normalized spacial score (nSPS) is 20.7. The Bertz CT molecular complexity index is 562. The lowest BCUT2D eigenvalue weighted by molar-refractivity contribution is 0.400. The largest absolute Gasteiger partial charge is 0.495 e. The molecule has 0 aliphatic carbocycles. The molecular formula is C12H17ClN2O3S. The summed E-state index contributed by atoms with van der Waals surface area (Å²) in [4.78, 5) is 2.17. The van der Waals surface area contributed by atoms with Crippen LogP contribution in [0.2, 0.25) is 5.02 Å². The first-order valence-corrected chi connectivity index (χ1v) is 7.83. The van der Waals surface area contributed by atoms with Crippen molar-refractivity contribution in [3.05, 3.63) is 23.2 Å². The molecule has 7 heteroatoms. The van der Waals surface area contributed by atoms with Crippen molar-refractivity contribution in [1.82, 2.24) is 9.62 Å². The Morgan fingerprint density at radius 1 is 1.47 bits per heavy atom. The molecule has 1 aliphatic rings. The molecule has 1 atom stereocenters. The molecule has 19 heavy (non-hydrogen) atoms. The SMILES string of the molecule is COc1ccc(Cl)cc1S(=O)(=O)NC1CCN(C)C1. The van der Waals surface area contributed by atoms with Crippen LogP contribution in [0.15, 0.2) is 23.1 Å². The van der Waals surface area contributed by atoms with Gasteiger partial charge in [0.1, 0.15) is 10.6 Å². The predicted molar refractivity (Wildman–Crippen MR) is 74.2 cm³/mol. The van der Waals surface area contributed by atoms with E-state index in [1.54, 1.807) is 12.1 Å². The van der Waals surface area contributed by atoms with Crippen LogP contribution in [0.1, 0.15) is 6.42 Å². The lowest BCUT2D eigenvalue weighted by Gasteiger charge is -2.15. The first-order chi connectivity index (χ1) is 8.92. The average molecular weight is 305 g/mol. The molecule has 2 rings (SSSR count). The third kappa shape index (κ3) is 3.39. The van der Waals surface area contributed by atoms with E-state index in [4.69, 9.17) is 16.3 Å². The quantitative estimate of drug-likeness (QED) is 0.912. The Balaban J connectivity index is 2.26. The third-order valence-corrected chi connectivity index (χ3v) is 4.91. The summed E-state index contributed by atoms with van der Waals surface area (Å²) in [6, 6.07) is 4.49. The van der Waals surface area contributed by atoms with E-state index in [0.717, 1.165) is 13.0 Å². The Kier molecular flexibility index (Phi) is 4.35. The monoisotopic (exact) mass is 304 g/mol. The lowest BCUT2D eigenvalue weighted by atomic mass is 10.3. The van der Waals surface area contributed by atoms with E-state index in [1.165, 1.54) is 13.2 Å². The second-order valence-electron chi connectivity index (χ2n) is 4.66. The van der Waals surface area contributed by atoms with Crippen molar-refractivity contribution in [1.29, 1.82) is 0 Å². The van der Waals surface area contributed by atoms with Crippen LogP contribution in [0.5, 0.6) is 5.75 Å². The molecule has 0 spiro atoms. The third-order valence-electron chi connectivity index (χ3n) is 3.13. The summed E-state index contributed by atoms with van der Waals surface area (Å²) in [5.74, 6) is 0.295. The lowest BCUT2D eigenvalue weighted by Crippen LogP contribution is -2.36. The van der Waals surface area contributed by atoms with Gasteiger partial charge in [-0.3, -0.25) is 0 Å². The topological polar surface area (TPSA) is 58.6 Å². The number of sulfonamides is 1. The summed E-state index contributed by atoms with van der Waals surface area (Å²) >= 11 is 5.86. The number of nitrogens with one attached hydrogen (secondary N) is 1. The Hall–Kier alpha value is -0.820. The number of ether oxygens (including phenoxy) is 1. The summed E-state index contributed by atoms with van der Waals surface area (Å²) in [6.45, 7) is 1.60. The Morgan fingerprint density at radius 2 is 2.21 bits per heavy atom. The molecular weight excluding hydrogens is 288 g/mol. The van der Waals surface area contributed by atoms with Crippen molar-refractivity contribution in [2.45, 2.75) is 17.4 Å². The van der Waals surface area contributed by atoms with Crippen LogP contribution in [0.4, 0.5) is 0 Å². The second-order valence-corrected chi connectivity index (χ2v) is 6.78. The number of likely N-dealkylation sites (tertiary alicyclic amines) is 1. The summed E-state index contributed by atoms with van der Waals surface area (Å²) in [7, 11) is -0.216. The van der Waals surface area contributed by atoms with Gasteiger partial charge in [0.05, 0.1) is 7.11 Å². The zero-order chi connectivity index (χ0) is 14.0. The maximum absolute atomic E-state index is 12.4. The van der Waals surface area contributed by atoms with Gasteiger partial charge in [-0.25, -0.2) is 13.1 Å². The minimum Gasteiger partial charge on any atom is -0.495 e. The highest BCUT2D eigenvalue weighted by atomic mass is 35.5. The number of benzene rings is 1. The van der Waals surface area contributed by atoms with E-state index in [0.29, 0.717) is 17.3 Å². The van der Waals surface area contributed by atoms with Crippen LogP contribution in [-0.2, 0) is 10.0 Å². The fourth-order valence-corrected chi connectivity index (χ4v) is 3.87. The molecule has 1 unspecified atom stereocenters. The van der Waals surface area contributed by atoms with Crippen molar-refractivity contribution >= 4 is 21.6 Å². The molecule has 0 aromatic heterocycles. The van der Waals surface area contributed by atoms with E-state index in [1.807, 2.05) is 7.05 Å². The van der Waals surface area contributed by atoms with Crippen molar-refractivity contribution in [2.75, 3.05) is 27.2 Å². The molecule has 1 N–H and O–H groups in total. The van der Waals surface area contributed by atoms with Crippen LogP contribution >= 0.6 is 11.6 Å². The molecule has 0 bridgehead atoms.